The average molecular weight is 720 g/mol. The molecule has 3 N–H and O–H groups in total. The van der Waals surface area contributed by atoms with Gasteiger partial charge in [0, 0.05) is 13.2 Å². The molecule has 0 amide bonds. The van der Waals surface area contributed by atoms with E-state index in [9.17, 15) is 14.3 Å². The first-order valence-electron chi connectivity index (χ1n) is 19.1. The molecule has 0 aromatic rings. The van der Waals surface area contributed by atoms with Crippen LogP contribution in [0.15, 0.2) is 85.1 Å². The van der Waals surface area contributed by atoms with Crippen LogP contribution >= 0.6 is 7.82 Å². The number of phosphoric acid groups is 1. The molecule has 0 radical (unpaired) electrons. The van der Waals surface area contributed by atoms with Crippen molar-refractivity contribution in [2.45, 2.75) is 136 Å². The van der Waals surface area contributed by atoms with Crippen LogP contribution < -0.4 is 5.73 Å². The lowest BCUT2D eigenvalue weighted by atomic mass is 10.1. The maximum absolute atomic E-state index is 12.5. The summed E-state index contributed by atoms with van der Waals surface area (Å²) in [6.45, 7) is 4.58. The molecule has 0 aliphatic rings. The van der Waals surface area contributed by atoms with Gasteiger partial charge in [0.25, 0.3) is 0 Å². The molecular weight excluding hydrogens is 649 g/mol. The minimum Gasteiger partial charge on any atom is -0.457 e. The maximum atomic E-state index is 12.5. The summed E-state index contributed by atoms with van der Waals surface area (Å²) in [6.07, 6.45) is 47.7. The fourth-order valence-electron chi connectivity index (χ4n) is 4.57. The molecule has 0 saturated carbocycles. The molecule has 0 saturated heterocycles. The lowest BCUT2D eigenvalue weighted by Crippen LogP contribution is -2.28. The molecule has 8 nitrogen and oxygen atoms in total. The molecule has 2 unspecified atom stereocenters. The predicted octanol–water partition coefficient (Wildman–Crippen LogP) is 11.0. The summed E-state index contributed by atoms with van der Waals surface area (Å²) in [4.78, 5) is 22.3. The van der Waals surface area contributed by atoms with E-state index in [4.69, 9.17) is 24.3 Å². The van der Waals surface area contributed by atoms with E-state index < -0.39 is 19.9 Å². The minimum absolute atomic E-state index is 0.0640. The van der Waals surface area contributed by atoms with Gasteiger partial charge in [0.05, 0.1) is 26.2 Å². The van der Waals surface area contributed by atoms with E-state index in [1.54, 1.807) is 6.08 Å². The Hall–Kier alpha value is -2.32. The smallest absolute Gasteiger partial charge is 0.457 e. The molecule has 0 heterocycles. The summed E-state index contributed by atoms with van der Waals surface area (Å²) in [5, 5.41) is 0. The van der Waals surface area contributed by atoms with Gasteiger partial charge in [-0.3, -0.25) is 13.8 Å². The Bertz CT molecular complexity index is 1030. The van der Waals surface area contributed by atoms with Gasteiger partial charge in [-0.15, -0.1) is 0 Å². The molecular formula is C41H70NO7P. The second kappa shape index (κ2) is 37.9. The summed E-state index contributed by atoms with van der Waals surface area (Å²) in [5.41, 5.74) is 5.34. The van der Waals surface area contributed by atoms with Crippen molar-refractivity contribution < 1.29 is 32.8 Å². The van der Waals surface area contributed by atoms with Gasteiger partial charge in [0.15, 0.2) is 0 Å². The van der Waals surface area contributed by atoms with Gasteiger partial charge in [-0.1, -0.05) is 137 Å². The van der Waals surface area contributed by atoms with Gasteiger partial charge in [-0.25, -0.2) is 4.57 Å². The summed E-state index contributed by atoms with van der Waals surface area (Å²) in [5.74, 6) is -0.465. The first kappa shape index (κ1) is 47.7. The highest BCUT2D eigenvalue weighted by Crippen LogP contribution is 2.43. The van der Waals surface area contributed by atoms with Crippen molar-refractivity contribution in [3.8, 4) is 0 Å². The zero-order valence-corrected chi connectivity index (χ0v) is 32.2. The Kier molecular flexibility index (Phi) is 36.2. The zero-order chi connectivity index (χ0) is 36.6. The van der Waals surface area contributed by atoms with Crippen molar-refractivity contribution >= 4 is 13.8 Å². The van der Waals surface area contributed by atoms with Crippen LogP contribution in [0, 0.1) is 0 Å². The van der Waals surface area contributed by atoms with E-state index in [0.717, 1.165) is 57.8 Å². The number of allylic oxidation sites excluding steroid dienone is 13. The largest absolute Gasteiger partial charge is 0.472 e. The first-order chi connectivity index (χ1) is 24.4. The number of carbonyl (C=O) groups excluding carboxylic acids is 1. The third kappa shape index (κ3) is 36.9. The van der Waals surface area contributed by atoms with Crippen LogP contribution in [0.1, 0.15) is 129 Å². The molecule has 286 valence electrons. The third-order valence-corrected chi connectivity index (χ3v) is 8.31. The van der Waals surface area contributed by atoms with E-state index in [2.05, 4.69) is 86.8 Å². The average Bonchev–Trinajstić information content (AvgIpc) is 3.10. The molecule has 0 aromatic carbocycles. The maximum Gasteiger partial charge on any atom is 0.472 e. The van der Waals surface area contributed by atoms with Gasteiger partial charge >= 0.3 is 13.8 Å². The van der Waals surface area contributed by atoms with Crippen molar-refractivity contribution in [3.05, 3.63) is 85.1 Å². The van der Waals surface area contributed by atoms with Crippen LogP contribution in [0.5, 0.6) is 0 Å². The van der Waals surface area contributed by atoms with Crippen LogP contribution in [0.2, 0.25) is 0 Å². The van der Waals surface area contributed by atoms with Crippen LogP contribution in [-0.2, 0) is 27.9 Å². The normalized spacial score (nSPS) is 14.6. The molecule has 0 aromatic heterocycles. The van der Waals surface area contributed by atoms with Crippen molar-refractivity contribution in [2.75, 3.05) is 33.0 Å². The van der Waals surface area contributed by atoms with Gasteiger partial charge in [0.1, 0.15) is 6.10 Å². The fraction of sp³-hybridized carbons (Fsp3) is 0.634. The number of hydrogen-bond donors (Lipinski definition) is 2. The van der Waals surface area contributed by atoms with Crippen molar-refractivity contribution in [3.63, 3.8) is 0 Å². The van der Waals surface area contributed by atoms with Gasteiger partial charge in [-0.2, -0.15) is 0 Å². The second-order valence-electron chi connectivity index (χ2n) is 12.1. The highest BCUT2D eigenvalue weighted by Gasteiger charge is 2.25. The Labute approximate surface area is 305 Å². The summed E-state index contributed by atoms with van der Waals surface area (Å²) in [7, 11) is -4.30. The highest BCUT2D eigenvalue weighted by molar-refractivity contribution is 7.47. The lowest BCUT2D eigenvalue weighted by molar-refractivity contribution is -0.153. The van der Waals surface area contributed by atoms with E-state index >= 15 is 0 Å². The number of unbranched alkanes of at least 4 members (excludes halogenated alkanes) is 9. The Balaban J connectivity index is 4.27. The van der Waals surface area contributed by atoms with Crippen LogP contribution in [0.3, 0.4) is 0 Å². The van der Waals surface area contributed by atoms with E-state index in [1.807, 2.05) is 6.08 Å². The number of esters is 1. The Morgan fingerprint density at radius 1 is 0.620 bits per heavy atom. The number of phosphoric ester groups is 1. The summed E-state index contributed by atoms with van der Waals surface area (Å²) in [6, 6.07) is 0. The Morgan fingerprint density at radius 3 is 1.68 bits per heavy atom. The van der Waals surface area contributed by atoms with Crippen molar-refractivity contribution in [1.82, 2.24) is 0 Å². The topological polar surface area (TPSA) is 117 Å². The number of ether oxygens (including phenoxy) is 2. The monoisotopic (exact) mass is 719 g/mol. The number of rotatable bonds is 35. The van der Waals surface area contributed by atoms with Gasteiger partial charge < -0.3 is 20.1 Å². The standard InChI is InChI=1S/C41H70NO7P/c1-3-5-7-9-11-13-15-17-19-21-23-25-27-29-31-33-36-46-38-40(39-48-50(44,45)47-37-35-42)49-41(43)34-32-30-28-26-24-22-20-18-16-14-12-10-8-6-4-2/h6,8,11-14,17-20,24,26,30,32,40H,3-5,7,9-10,15-16,21-23,25,27-29,31,33-39,42H2,1-2H3,(H,44,45)/b8-6-,13-11-,14-12-,19-17-,20-18-,26-24-,32-30-. The molecule has 0 spiro atoms. The van der Waals surface area contributed by atoms with E-state index in [0.29, 0.717) is 13.0 Å². The Morgan fingerprint density at radius 2 is 1.12 bits per heavy atom. The van der Waals surface area contributed by atoms with Crippen molar-refractivity contribution in [2.24, 2.45) is 5.73 Å². The SMILES string of the molecule is CC/C=C\C/C=C\C/C=C\C/C=C\C/C=C\CC(=O)OC(COCCCCCCCC/C=C\C/C=C\CCCCC)COP(=O)(O)OCCN. The third-order valence-electron chi connectivity index (χ3n) is 7.33. The molecule has 0 bridgehead atoms. The predicted molar refractivity (Wildman–Crippen MR) is 210 cm³/mol. The molecule has 0 aliphatic carbocycles. The molecule has 9 heteroatoms. The molecule has 0 rings (SSSR count). The van der Waals surface area contributed by atoms with E-state index in [-0.39, 0.29) is 32.8 Å². The quantitative estimate of drug-likeness (QED) is 0.0288. The molecule has 50 heavy (non-hydrogen) atoms. The molecule has 0 fully saturated rings. The van der Waals surface area contributed by atoms with Crippen LogP contribution in [-0.4, -0.2) is 49.9 Å². The highest BCUT2D eigenvalue weighted by atomic mass is 31.2. The summed E-state index contributed by atoms with van der Waals surface area (Å²) >= 11 is 0. The molecule has 2 atom stereocenters. The number of carbonyl (C=O) groups is 1. The van der Waals surface area contributed by atoms with Crippen molar-refractivity contribution in [1.29, 1.82) is 0 Å². The number of hydrogen-bond acceptors (Lipinski definition) is 7. The molecule has 0 aliphatic heterocycles. The van der Waals surface area contributed by atoms with Gasteiger partial charge in [-0.05, 0) is 70.6 Å². The van der Waals surface area contributed by atoms with Gasteiger partial charge in [0.2, 0.25) is 0 Å². The first-order valence-corrected chi connectivity index (χ1v) is 20.6. The van der Waals surface area contributed by atoms with Crippen LogP contribution in [0.25, 0.3) is 0 Å². The number of nitrogens with two attached hydrogens (primary N) is 1. The fourth-order valence-corrected chi connectivity index (χ4v) is 5.34. The lowest BCUT2D eigenvalue weighted by Gasteiger charge is -2.19. The second-order valence-corrected chi connectivity index (χ2v) is 13.5. The van der Waals surface area contributed by atoms with E-state index in [1.165, 1.54) is 44.9 Å². The summed E-state index contributed by atoms with van der Waals surface area (Å²) < 4.78 is 33.2. The minimum atomic E-state index is -4.30. The van der Waals surface area contributed by atoms with Crippen LogP contribution in [0.4, 0.5) is 0 Å². The zero-order valence-electron chi connectivity index (χ0n) is 31.3.